The highest BCUT2D eigenvalue weighted by Gasteiger charge is 2.21. The molecule has 0 radical (unpaired) electrons. The standard InChI is InChI=1S/C10H18BrNO3/c1-8(2)15-10(13)9(12-14)6-4-3-5-7-11/h8-9H,3-7H2,1-2H3. The molecule has 0 aromatic rings. The van der Waals surface area contributed by atoms with E-state index in [1.54, 1.807) is 13.8 Å². The number of hydrogen-bond acceptors (Lipinski definition) is 4. The quantitative estimate of drug-likeness (QED) is 0.297. The Morgan fingerprint density at radius 2 is 2.00 bits per heavy atom. The summed E-state index contributed by atoms with van der Waals surface area (Å²) in [5, 5.41) is 3.75. The van der Waals surface area contributed by atoms with Crippen molar-refractivity contribution in [2.24, 2.45) is 5.18 Å². The molecule has 1 atom stereocenters. The summed E-state index contributed by atoms with van der Waals surface area (Å²) in [5.74, 6) is -0.501. The van der Waals surface area contributed by atoms with Gasteiger partial charge in [0.25, 0.3) is 0 Å². The van der Waals surface area contributed by atoms with Gasteiger partial charge in [-0.2, -0.15) is 0 Å². The minimum atomic E-state index is -0.831. The molecule has 0 heterocycles. The monoisotopic (exact) mass is 279 g/mol. The smallest absolute Gasteiger partial charge is 0.334 e. The second-order valence-corrected chi connectivity index (χ2v) is 4.44. The van der Waals surface area contributed by atoms with Crippen LogP contribution in [0.2, 0.25) is 0 Å². The summed E-state index contributed by atoms with van der Waals surface area (Å²) >= 11 is 3.32. The Hall–Kier alpha value is -0.450. The van der Waals surface area contributed by atoms with Gasteiger partial charge in [0.2, 0.25) is 0 Å². The number of carbonyl (C=O) groups excluding carboxylic acids is 1. The van der Waals surface area contributed by atoms with Crippen LogP contribution in [0.3, 0.4) is 0 Å². The summed E-state index contributed by atoms with van der Waals surface area (Å²) in [7, 11) is 0. The van der Waals surface area contributed by atoms with Crippen molar-refractivity contribution in [1.82, 2.24) is 0 Å². The Morgan fingerprint density at radius 3 is 2.47 bits per heavy atom. The fourth-order valence-corrected chi connectivity index (χ4v) is 1.53. The number of nitrogens with zero attached hydrogens (tertiary/aromatic N) is 1. The van der Waals surface area contributed by atoms with Crippen LogP contribution >= 0.6 is 15.9 Å². The van der Waals surface area contributed by atoms with Crippen LogP contribution in [-0.2, 0) is 9.53 Å². The van der Waals surface area contributed by atoms with E-state index >= 15 is 0 Å². The SMILES string of the molecule is CC(C)OC(=O)C(CCCCCBr)N=O. The first kappa shape index (κ1) is 14.6. The van der Waals surface area contributed by atoms with Crippen molar-refractivity contribution < 1.29 is 9.53 Å². The van der Waals surface area contributed by atoms with Crippen LogP contribution in [0.4, 0.5) is 0 Å². The fraction of sp³-hybridized carbons (Fsp3) is 0.900. The average molecular weight is 280 g/mol. The molecule has 0 bridgehead atoms. The Labute approximate surface area is 98.9 Å². The minimum Gasteiger partial charge on any atom is -0.461 e. The van der Waals surface area contributed by atoms with Gasteiger partial charge in [-0.1, -0.05) is 33.9 Å². The lowest BCUT2D eigenvalue weighted by atomic mass is 10.1. The van der Waals surface area contributed by atoms with E-state index in [1.165, 1.54) is 0 Å². The van der Waals surface area contributed by atoms with Crippen molar-refractivity contribution in [1.29, 1.82) is 0 Å². The van der Waals surface area contributed by atoms with Crippen LogP contribution in [0.5, 0.6) is 0 Å². The number of unbranched alkanes of at least 4 members (excludes halogenated alkanes) is 2. The van der Waals surface area contributed by atoms with Crippen LogP contribution in [0.15, 0.2) is 5.18 Å². The van der Waals surface area contributed by atoms with E-state index in [9.17, 15) is 9.70 Å². The fourth-order valence-electron chi connectivity index (χ4n) is 1.13. The highest BCUT2D eigenvalue weighted by molar-refractivity contribution is 9.09. The van der Waals surface area contributed by atoms with Crippen molar-refractivity contribution in [3.05, 3.63) is 4.91 Å². The van der Waals surface area contributed by atoms with E-state index in [1.807, 2.05) is 0 Å². The van der Waals surface area contributed by atoms with E-state index in [2.05, 4.69) is 21.1 Å². The molecule has 0 aromatic carbocycles. The molecular weight excluding hydrogens is 262 g/mol. The Kier molecular flexibility index (Phi) is 8.56. The van der Waals surface area contributed by atoms with E-state index < -0.39 is 12.0 Å². The molecule has 0 aliphatic carbocycles. The summed E-state index contributed by atoms with van der Waals surface area (Å²) in [4.78, 5) is 21.8. The largest absolute Gasteiger partial charge is 0.461 e. The number of esters is 1. The Bertz CT molecular complexity index is 197. The third-order valence-corrected chi connectivity index (χ3v) is 2.42. The van der Waals surface area contributed by atoms with Crippen LogP contribution in [0, 0.1) is 4.91 Å². The van der Waals surface area contributed by atoms with Gasteiger partial charge in [0.15, 0.2) is 6.04 Å². The van der Waals surface area contributed by atoms with Crippen molar-refractivity contribution in [2.75, 3.05) is 5.33 Å². The zero-order chi connectivity index (χ0) is 11.7. The van der Waals surface area contributed by atoms with Gasteiger partial charge in [0.05, 0.1) is 6.10 Å². The molecule has 4 nitrogen and oxygen atoms in total. The van der Waals surface area contributed by atoms with Crippen molar-refractivity contribution in [3.8, 4) is 0 Å². The molecule has 1 unspecified atom stereocenters. The maximum Gasteiger partial charge on any atom is 0.334 e. The molecule has 0 aliphatic heterocycles. The molecule has 0 aromatic heterocycles. The highest BCUT2D eigenvalue weighted by Crippen LogP contribution is 2.10. The third-order valence-electron chi connectivity index (χ3n) is 1.86. The number of halogens is 1. The summed E-state index contributed by atoms with van der Waals surface area (Å²) < 4.78 is 4.92. The Morgan fingerprint density at radius 1 is 1.33 bits per heavy atom. The molecule has 0 fully saturated rings. The van der Waals surface area contributed by atoms with Gasteiger partial charge < -0.3 is 4.74 Å². The van der Waals surface area contributed by atoms with Crippen molar-refractivity contribution in [2.45, 2.75) is 51.7 Å². The normalized spacial score (nSPS) is 12.5. The molecule has 0 saturated carbocycles. The molecular formula is C10H18BrNO3. The molecule has 0 spiro atoms. The van der Waals surface area contributed by atoms with E-state index in [0.717, 1.165) is 24.6 Å². The van der Waals surface area contributed by atoms with Gasteiger partial charge in [0, 0.05) is 5.33 Å². The number of alkyl halides is 1. The zero-order valence-electron chi connectivity index (χ0n) is 9.24. The van der Waals surface area contributed by atoms with Gasteiger partial charge in [-0.15, -0.1) is 4.91 Å². The molecule has 88 valence electrons. The average Bonchev–Trinajstić information content (AvgIpc) is 2.16. The lowest BCUT2D eigenvalue weighted by Crippen LogP contribution is -2.24. The molecule has 0 rings (SSSR count). The molecule has 0 aliphatic rings. The summed E-state index contributed by atoms with van der Waals surface area (Å²) in [6.07, 6.45) is 3.16. The van der Waals surface area contributed by atoms with Crippen molar-refractivity contribution in [3.63, 3.8) is 0 Å². The maximum absolute atomic E-state index is 11.3. The van der Waals surface area contributed by atoms with Crippen LogP contribution in [-0.4, -0.2) is 23.4 Å². The van der Waals surface area contributed by atoms with E-state index in [0.29, 0.717) is 6.42 Å². The second-order valence-electron chi connectivity index (χ2n) is 3.65. The topological polar surface area (TPSA) is 55.7 Å². The summed E-state index contributed by atoms with van der Waals surface area (Å²) in [6, 6.07) is -0.831. The van der Waals surface area contributed by atoms with Crippen LogP contribution < -0.4 is 0 Å². The number of rotatable bonds is 8. The van der Waals surface area contributed by atoms with Crippen LogP contribution in [0.1, 0.15) is 39.5 Å². The summed E-state index contributed by atoms with van der Waals surface area (Å²) in [6.45, 7) is 3.51. The predicted octanol–water partition coefficient (Wildman–Crippen LogP) is 3.03. The van der Waals surface area contributed by atoms with Gasteiger partial charge in [-0.05, 0) is 26.7 Å². The van der Waals surface area contributed by atoms with Crippen LogP contribution in [0.25, 0.3) is 0 Å². The number of hydrogen-bond donors (Lipinski definition) is 0. The molecule has 0 amide bonds. The molecule has 5 heteroatoms. The molecule has 0 N–H and O–H groups in total. The van der Waals surface area contributed by atoms with Gasteiger partial charge >= 0.3 is 5.97 Å². The van der Waals surface area contributed by atoms with E-state index in [4.69, 9.17) is 4.74 Å². The molecule has 15 heavy (non-hydrogen) atoms. The van der Waals surface area contributed by atoms with Gasteiger partial charge in [-0.25, -0.2) is 4.79 Å². The minimum absolute atomic E-state index is 0.190. The number of ether oxygens (including phenoxy) is 1. The lowest BCUT2D eigenvalue weighted by Gasteiger charge is -2.11. The zero-order valence-corrected chi connectivity index (χ0v) is 10.8. The predicted molar refractivity (Wildman–Crippen MR) is 63.1 cm³/mol. The van der Waals surface area contributed by atoms with Gasteiger partial charge in [-0.3, -0.25) is 0 Å². The molecule has 0 saturated heterocycles. The maximum atomic E-state index is 11.3. The Balaban J connectivity index is 3.80. The first-order valence-electron chi connectivity index (χ1n) is 5.20. The van der Waals surface area contributed by atoms with Gasteiger partial charge in [0.1, 0.15) is 0 Å². The first-order valence-corrected chi connectivity index (χ1v) is 6.33. The highest BCUT2D eigenvalue weighted by atomic mass is 79.9. The third kappa shape index (κ3) is 7.48. The van der Waals surface area contributed by atoms with E-state index in [-0.39, 0.29) is 6.10 Å². The van der Waals surface area contributed by atoms with Crippen molar-refractivity contribution >= 4 is 21.9 Å². The second kappa shape index (κ2) is 8.83. The summed E-state index contributed by atoms with van der Waals surface area (Å²) in [5.41, 5.74) is 0. The lowest BCUT2D eigenvalue weighted by molar-refractivity contribution is -0.149. The number of nitroso groups, excluding NO2 is 1. The first-order chi connectivity index (χ1) is 7.11. The number of carbonyl (C=O) groups is 1.